The predicted octanol–water partition coefficient (Wildman–Crippen LogP) is 1.74. The molecule has 2 rings (SSSR count). The Balaban J connectivity index is 2.57. The Kier molecular flexibility index (Phi) is 2.81. The maximum absolute atomic E-state index is 12.1. The second-order valence-corrected chi connectivity index (χ2v) is 3.71. The van der Waals surface area contributed by atoms with E-state index in [1.165, 1.54) is 12.1 Å². The average molecular weight is 246 g/mol. The lowest BCUT2D eigenvalue weighted by molar-refractivity contribution is 0.103. The highest BCUT2D eigenvalue weighted by atomic mass is 16.3. The van der Waals surface area contributed by atoms with Crippen LogP contribution in [0.4, 0.5) is 0 Å². The SMILES string of the molecule is O=C(c1ccccc1O)c1c(O)cc(O)cc1O. The molecular formula is C13H10O5. The Morgan fingerprint density at radius 3 is 1.94 bits per heavy atom. The van der Waals surface area contributed by atoms with Crippen LogP contribution >= 0.6 is 0 Å². The van der Waals surface area contributed by atoms with Crippen LogP contribution in [-0.2, 0) is 0 Å². The molecule has 92 valence electrons. The van der Waals surface area contributed by atoms with Crippen molar-refractivity contribution in [3.05, 3.63) is 47.5 Å². The third-order valence-corrected chi connectivity index (χ3v) is 2.46. The predicted molar refractivity (Wildman–Crippen MR) is 63.0 cm³/mol. The van der Waals surface area contributed by atoms with Crippen molar-refractivity contribution in [1.82, 2.24) is 0 Å². The van der Waals surface area contributed by atoms with Gasteiger partial charge in [0.25, 0.3) is 0 Å². The number of carbonyl (C=O) groups excluding carboxylic acids is 1. The minimum Gasteiger partial charge on any atom is -0.508 e. The summed E-state index contributed by atoms with van der Waals surface area (Å²) in [7, 11) is 0. The van der Waals surface area contributed by atoms with Crippen LogP contribution < -0.4 is 0 Å². The summed E-state index contributed by atoms with van der Waals surface area (Å²) in [6.45, 7) is 0. The molecular weight excluding hydrogens is 236 g/mol. The summed E-state index contributed by atoms with van der Waals surface area (Å²) in [5.41, 5.74) is -0.414. The number of carbonyl (C=O) groups is 1. The number of para-hydroxylation sites is 1. The van der Waals surface area contributed by atoms with Gasteiger partial charge in [0.05, 0.1) is 5.56 Å². The third-order valence-electron chi connectivity index (χ3n) is 2.46. The first kappa shape index (κ1) is 11.8. The Morgan fingerprint density at radius 1 is 0.833 bits per heavy atom. The lowest BCUT2D eigenvalue weighted by Gasteiger charge is -2.08. The van der Waals surface area contributed by atoms with Gasteiger partial charge >= 0.3 is 0 Å². The highest BCUT2D eigenvalue weighted by molar-refractivity contribution is 6.13. The van der Waals surface area contributed by atoms with Crippen molar-refractivity contribution in [2.45, 2.75) is 0 Å². The number of hydrogen-bond donors (Lipinski definition) is 4. The van der Waals surface area contributed by atoms with Crippen LogP contribution in [-0.4, -0.2) is 26.2 Å². The van der Waals surface area contributed by atoms with Gasteiger partial charge in [-0.3, -0.25) is 4.79 Å². The van der Waals surface area contributed by atoms with Crippen molar-refractivity contribution >= 4 is 5.78 Å². The number of ketones is 1. The van der Waals surface area contributed by atoms with Crippen LogP contribution in [0.25, 0.3) is 0 Å². The summed E-state index contributed by atoms with van der Waals surface area (Å²) in [6, 6.07) is 7.65. The van der Waals surface area contributed by atoms with Crippen molar-refractivity contribution in [3.63, 3.8) is 0 Å². The maximum atomic E-state index is 12.1. The summed E-state index contributed by atoms with van der Waals surface area (Å²) >= 11 is 0. The van der Waals surface area contributed by atoms with Gasteiger partial charge in [-0.05, 0) is 12.1 Å². The Labute approximate surface area is 102 Å². The van der Waals surface area contributed by atoms with Gasteiger partial charge in [0.2, 0.25) is 5.78 Å². The van der Waals surface area contributed by atoms with Gasteiger partial charge in [0.15, 0.2) is 0 Å². The van der Waals surface area contributed by atoms with E-state index in [0.29, 0.717) is 0 Å². The van der Waals surface area contributed by atoms with Gasteiger partial charge in [-0.2, -0.15) is 0 Å². The van der Waals surface area contributed by atoms with E-state index in [1.807, 2.05) is 0 Å². The molecule has 0 saturated carbocycles. The fourth-order valence-corrected chi connectivity index (χ4v) is 1.63. The number of aromatic hydroxyl groups is 4. The maximum Gasteiger partial charge on any atom is 0.204 e. The van der Waals surface area contributed by atoms with Crippen molar-refractivity contribution in [3.8, 4) is 23.0 Å². The van der Waals surface area contributed by atoms with E-state index in [4.69, 9.17) is 5.11 Å². The molecule has 2 aromatic carbocycles. The number of phenols is 4. The topological polar surface area (TPSA) is 98.0 Å². The second kappa shape index (κ2) is 4.29. The monoisotopic (exact) mass is 246 g/mol. The zero-order valence-electron chi connectivity index (χ0n) is 9.16. The first-order valence-electron chi connectivity index (χ1n) is 5.08. The number of hydrogen-bond acceptors (Lipinski definition) is 5. The third kappa shape index (κ3) is 1.93. The largest absolute Gasteiger partial charge is 0.508 e. The minimum absolute atomic E-state index is 0.0474. The van der Waals surface area contributed by atoms with Crippen LogP contribution in [0.2, 0.25) is 0 Å². The van der Waals surface area contributed by atoms with Crippen LogP contribution in [0, 0.1) is 0 Å². The van der Waals surface area contributed by atoms with Gasteiger partial charge < -0.3 is 20.4 Å². The standard InChI is InChI=1S/C13H10O5/c14-7-5-10(16)12(11(17)6-7)13(18)8-3-1-2-4-9(8)15/h1-6,14-17H. The molecule has 0 aliphatic heterocycles. The summed E-state index contributed by atoms with van der Waals surface area (Å²) < 4.78 is 0. The average Bonchev–Trinajstić information content (AvgIpc) is 2.27. The van der Waals surface area contributed by atoms with Crippen LogP contribution in [0.5, 0.6) is 23.0 Å². The summed E-state index contributed by atoms with van der Waals surface area (Å²) in [5, 5.41) is 37.8. The molecule has 5 nitrogen and oxygen atoms in total. The van der Waals surface area contributed by atoms with Crippen molar-refractivity contribution in [2.75, 3.05) is 0 Å². The van der Waals surface area contributed by atoms with Gasteiger partial charge in [0.1, 0.15) is 28.6 Å². The number of phenolic OH excluding ortho intramolecular Hbond substituents is 4. The fraction of sp³-hybridized carbons (Fsp3) is 0. The van der Waals surface area contributed by atoms with E-state index in [1.54, 1.807) is 12.1 Å². The Hall–Kier alpha value is -2.69. The lowest BCUT2D eigenvalue weighted by atomic mass is 10.0. The molecule has 0 saturated heterocycles. The van der Waals surface area contributed by atoms with Gasteiger partial charge in [-0.1, -0.05) is 12.1 Å². The molecule has 18 heavy (non-hydrogen) atoms. The molecule has 5 heteroatoms. The molecule has 0 amide bonds. The molecule has 0 fully saturated rings. The zero-order valence-corrected chi connectivity index (χ0v) is 9.16. The summed E-state index contributed by atoms with van der Waals surface area (Å²) in [6.07, 6.45) is 0. The lowest BCUT2D eigenvalue weighted by Crippen LogP contribution is -2.02. The molecule has 4 N–H and O–H groups in total. The van der Waals surface area contributed by atoms with E-state index in [2.05, 4.69) is 0 Å². The zero-order chi connectivity index (χ0) is 13.3. The molecule has 0 radical (unpaired) electrons. The fourth-order valence-electron chi connectivity index (χ4n) is 1.63. The minimum atomic E-state index is -0.733. The van der Waals surface area contributed by atoms with E-state index in [-0.39, 0.29) is 22.6 Å². The number of benzene rings is 2. The Morgan fingerprint density at radius 2 is 1.39 bits per heavy atom. The quantitative estimate of drug-likeness (QED) is 0.605. The van der Waals surface area contributed by atoms with Crippen molar-refractivity contribution < 1.29 is 25.2 Å². The highest BCUT2D eigenvalue weighted by Gasteiger charge is 2.21. The highest BCUT2D eigenvalue weighted by Crippen LogP contribution is 2.34. The molecule has 0 atom stereocenters. The molecule has 0 aliphatic rings. The van der Waals surface area contributed by atoms with E-state index in [0.717, 1.165) is 12.1 Å². The van der Waals surface area contributed by atoms with Crippen LogP contribution in [0.1, 0.15) is 15.9 Å². The van der Waals surface area contributed by atoms with Crippen LogP contribution in [0.15, 0.2) is 36.4 Å². The Bertz CT molecular complexity index is 596. The summed E-state index contributed by atoms with van der Waals surface area (Å²) in [4.78, 5) is 12.1. The first-order chi connectivity index (χ1) is 8.50. The molecule has 0 heterocycles. The molecule has 0 spiro atoms. The smallest absolute Gasteiger partial charge is 0.204 e. The second-order valence-electron chi connectivity index (χ2n) is 3.71. The van der Waals surface area contributed by atoms with Gasteiger partial charge in [-0.25, -0.2) is 0 Å². The molecule has 0 bridgehead atoms. The molecule has 0 aromatic heterocycles. The first-order valence-corrected chi connectivity index (χ1v) is 5.08. The molecule has 0 unspecified atom stereocenters. The molecule has 0 aliphatic carbocycles. The molecule has 2 aromatic rings. The van der Waals surface area contributed by atoms with Gasteiger partial charge in [-0.15, -0.1) is 0 Å². The van der Waals surface area contributed by atoms with E-state index in [9.17, 15) is 20.1 Å². The van der Waals surface area contributed by atoms with Gasteiger partial charge in [0, 0.05) is 12.1 Å². The van der Waals surface area contributed by atoms with Crippen LogP contribution in [0.3, 0.4) is 0 Å². The summed E-state index contributed by atoms with van der Waals surface area (Å²) in [5.74, 6) is -2.46. The number of rotatable bonds is 2. The van der Waals surface area contributed by atoms with E-state index < -0.39 is 17.3 Å². The van der Waals surface area contributed by atoms with Crippen molar-refractivity contribution in [1.29, 1.82) is 0 Å². The van der Waals surface area contributed by atoms with Crippen molar-refractivity contribution in [2.24, 2.45) is 0 Å². The van der Waals surface area contributed by atoms with E-state index >= 15 is 0 Å². The normalized spacial score (nSPS) is 10.2.